The zero-order chi connectivity index (χ0) is 18.6. The second-order valence-corrected chi connectivity index (χ2v) is 8.02. The summed E-state index contributed by atoms with van der Waals surface area (Å²) in [4.78, 5) is 14.0. The van der Waals surface area contributed by atoms with E-state index in [1.807, 2.05) is 30.5 Å². The van der Waals surface area contributed by atoms with Gasteiger partial charge in [-0.25, -0.2) is 0 Å². The lowest BCUT2D eigenvalue weighted by Crippen LogP contribution is -2.46. The number of likely N-dealkylation sites (tertiary alicyclic amines) is 1. The molecule has 2 aliphatic rings. The number of hydrogen-bond acceptors (Lipinski definition) is 5. The van der Waals surface area contributed by atoms with Crippen molar-refractivity contribution in [2.24, 2.45) is 0 Å². The Hall–Kier alpha value is -1.85. The van der Waals surface area contributed by atoms with Crippen molar-refractivity contribution in [3.8, 4) is 5.88 Å². The van der Waals surface area contributed by atoms with E-state index in [0.29, 0.717) is 23.6 Å². The summed E-state index contributed by atoms with van der Waals surface area (Å²) in [7, 11) is 0. The molecule has 0 amide bonds. The van der Waals surface area contributed by atoms with Crippen LogP contribution in [0.5, 0.6) is 5.88 Å². The van der Waals surface area contributed by atoms with E-state index in [1.165, 1.54) is 32.2 Å². The van der Waals surface area contributed by atoms with E-state index in [4.69, 9.17) is 16.3 Å². The van der Waals surface area contributed by atoms with Crippen LogP contribution in [0.25, 0.3) is 0 Å². The monoisotopic (exact) mass is 386 g/mol. The molecule has 1 aromatic carbocycles. The number of benzene rings is 1. The standard InChI is InChI=1S/C21H27ClN4O/c1-16-4-3-9-26(16)19-7-10-25(11-8-19)20-13-23-14-21(24-20)27-15-17-5-2-6-18(22)12-17/h2,5-6,12-14,16,19H,3-4,7-11,15H2,1H3. The second-order valence-electron chi connectivity index (χ2n) is 7.58. The molecule has 5 nitrogen and oxygen atoms in total. The average molecular weight is 387 g/mol. The molecule has 2 aliphatic heterocycles. The number of anilines is 1. The van der Waals surface area contributed by atoms with Crippen molar-refractivity contribution in [2.45, 2.75) is 51.3 Å². The largest absolute Gasteiger partial charge is 0.472 e. The third kappa shape index (κ3) is 4.53. The van der Waals surface area contributed by atoms with Crippen LogP contribution in [0, 0.1) is 0 Å². The normalized spacial score (nSPS) is 21.6. The number of halogens is 1. The summed E-state index contributed by atoms with van der Waals surface area (Å²) in [6.45, 7) is 6.12. The van der Waals surface area contributed by atoms with Crippen molar-refractivity contribution < 1.29 is 4.74 Å². The van der Waals surface area contributed by atoms with Gasteiger partial charge in [0.05, 0.1) is 12.4 Å². The molecule has 1 atom stereocenters. The van der Waals surface area contributed by atoms with Crippen molar-refractivity contribution in [1.29, 1.82) is 0 Å². The fourth-order valence-electron chi connectivity index (χ4n) is 4.27. The summed E-state index contributed by atoms with van der Waals surface area (Å²) in [5.41, 5.74) is 1.02. The summed E-state index contributed by atoms with van der Waals surface area (Å²) in [5, 5.41) is 0.714. The molecule has 3 heterocycles. The number of nitrogens with zero attached hydrogens (tertiary/aromatic N) is 4. The SMILES string of the molecule is CC1CCCN1C1CCN(c2cncc(OCc3cccc(Cl)c3)n2)CC1. The molecule has 0 N–H and O–H groups in total. The smallest absolute Gasteiger partial charge is 0.234 e. The van der Waals surface area contributed by atoms with Gasteiger partial charge in [-0.15, -0.1) is 0 Å². The van der Waals surface area contributed by atoms with E-state index in [1.54, 1.807) is 6.20 Å². The maximum Gasteiger partial charge on any atom is 0.234 e. The van der Waals surface area contributed by atoms with Crippen LogP contribution >= 0.6 is 11.6 Å². The van der Waals surface area contributed by atoms with Gasteiger partial charge in [0.2, 0.25) is 5.88 Å². The predicted octanol–water partition coefficient (Wildman–Crippen LogP) is 4.16. The minimum Gasteiger partial charge on any atom is -0.472 e. The maximum atomic E-state index is 6.03. The van der Waals surface area contributed by atoms with Crippen molar-refractivity contribution in [2.75, 3.05) is 24.5 Å². The first kappa shape index (κ1) is 18.5. The molecular formula is C21H27ClN4O. The zero-order valence-corrected chi connectivity index (χ0v) is 16.6. The molecular weight excluding hydrogens is 360 g/mol. The summed E-state index contributed by atoms with van der Waals surface area (Å²) in [6, 6.07) is 9.14. The first-order valence-corrected chi connectivity index (χ1v) is 10.3. The third-order valence-corrected chi connectivity index (χ3v) is 5.97. The molecule has 1 unspecified atom stereocenters. The topological polar surface area (TPSA) is 41.5 Å². The molecule has 4 rings (SSSR count). The van der Waals surface area contributed by atoms with Crippen molar-refractivity contribution in [3.63, 3.8) is 0 Å². The van der Waals surface area contributed by atoms with Gasteiger partial charge in [-0.3, -0.25) is 9.88 Å². The quantitative estimate of drug-likeness (QED) is 0.771. The molecule has 0 radical (unpaired) electrons. The van der Waals surface area contributed by atoms with Gasteiger partial charge in [0.25, 0.3) is 0 Å². The fourth-order valence-corrected chi connectivity index (χ4v) is 4.48. The van der Waals surface area contributed by atoms with Crippen LogP contribution in [-0.2, 0) is 6.61 Å². The lowest BCUT2D eigenvalue weighted by atomic mass is 10.0. The van der Waals surface area contributed by atoms with Crippen LogP contribution in [0.2, 0.25) is 5.02 Å². The van der Waals surface area contributed by atoms with Crippen LogP contribution in [0.1, 0.15) is 38.2 Å². The van der Waals surface area contributed by atoms with E-state index >= 15 is 0 Å². The Morgan fingerprint density at radius 3 is 2.74 bits per heavy atom. The molecule has 6 heteroatoms. The van der Waals surface area contributed by atoms with Gasteiger partial charge in [-0.1, -0.05) is 23.7 Å². The van der Waals surface area contributed by atoms with E-state index in [-0.39, 0.29) is 0 Å². The van der Waals surface area contributed by atoms with E-state index in [0.717, 1.165) is 30.5 Å². The van der Waals surface area contributed by atoms with E-state index in [9.17, 15) is 0 Å². The minimum absolute atomic E-state index is 0.438. The molecule has 0 aliphatic carbocycles. The second kappa shape index (κ2) is 8.44. The summed E-state index contributed by atoms with van der Waals surface area (Å²) >= 11 is 6.03. The molecule has 27 heavy (non-hydrogen) atoms. The molecule has 0 bridgehead atoms. The van der Waals surface area contributed by atoms with Crippen LogP contribution in [0.3, 0.4) is 0 Å². The lowest BCUT2D eigenvalue weighted by molar-refractivity contribution is 0.163. The van der Waals surface area contributed by atoms with Gasteiger partial charge in [0.15, 0.2) is 5.82 Å². The number of ether oxygens (including phenoxy) is 1. The van der Waals surface area contributed by atoms with E-state index < -0.39 is 0 Å². The van der Waals surface area contributed by atoms with Gasteiger partial charge in [-0.05, 0) is 56.8 Å². The Kier molecular flexibility index (Phi) is 5.79. The predicted molar refractivity (Wildman–Crippen MR) is 108 cm³/mol. The first-order chi connectivity index (χ1) is 13.2. The van der Waals surface area contributed by atoms with Gasteiger partial charge < -0.3 is 9.64 Å². The van der Waals surface area contributed by atoms with Crippen LogP contribution in [0.4, 0.5) is 5.82 Å². The highest BCUT2D eigenvalue weighted by Crippen LogP contribution is 2.27. The number of hydrogen-bond donors (Lipinski definition) is 0. The average Bonchev–Trinajstić information content (AvgIpc) is 3.13. The Balaban J connectivity index is 1.34. The molecule has 2 aromatic rings. The highest BCUT2D eigenvalue weighted by atomic mass is 35.5. The number of piperidine rings is 1. The maximum absolute atomic E-state index is 6.03. The highest BCUT2D eigenvalue weighted by molar-refractivity contribution is 6.30. The summed E-state index contributed by atoms with van der Waals surface area (Å²) in [5.74, 6) is 1.47. The fraction of sp³-hybridized carbons (Fsp3) is 0.524. The number of rotatable bonds is 5. The zero-order valence-electron chi connectivity index (χ0n) is 15.9. The molecule has 1 aromatic heterocycles. The summed E-state index contributed by atoms with van der Waals surface area (Å²) < 4.78 is 5.83. The van der Waals surface area contributed by atoms with Gasteiger partial charge >= 0.3 is 0 Å². The Morgan fingerprint density at radius 1 is 1.15 bits per heavy atom. The van der Waals surface area contributed by atoms with Gasteiger partial charge in [-0.2, -0.15) is 4.98 Å². The van der Waals surface area contributed by atoms with Crippen molar-refractivity contribution in [1.82, 2.24) is 14.9 Å². The molecule has 2 fully saturated rings. The third-order valence-electron chi connectivity index (χ3n) is 5.74. The Morgan fingerprint density at radius 2 is 2.00 bits per heavy atom. The molecule has 0 spiro atoms. The van der Waals surface area contributed by atoms with E-state index in [2.05, 4.69) is 26.7 Å². The molecule has 2 saturated heterocycles. The van der Waals surface area contributed by atoms with Crippen molar-refractivity contribution >= 4 is 17.4 Å². The summed E-state index contributed by atoms with van der Waals surface area (Å²) in [6.07, 6.45) is 8.59. The Bertz CT molecular complexity index is 763. The molecule has 0 saturated carbocycles. The first-order valence-electron chi connectivity index (χ1n) is 9.89. The van der Waals surface area contributed by atoms with Crippen LogP contribution < -0.4 is 9.64 Å². The highest BCUT2D eigenvalue weighted by Gasteiger charge is 2.30. The molecule has 144 valence electrons. The van der Waals surface area contributed by atoms with Crippen LogP contribution in [-0.4, -0.2) is 46.6 Å². The minimum atomic E-state index is 0.438. The lowest BCUT2D eigenvalue weighted by Gasteiger charge is -2.39. The Labute approximate surface area is 166 Å². The van der Waals surface area contributed by atoms with Gasteiger partial charge in [0.1, 0.15) is 6.61 Å². The van der Waals surface area contributed by atoms with Crippen molar-refractivity contribution in [3.05, 3.63) is 47.2 Å². The number of aromatic nitrogens is 2. The van der Waals surface area contributed by atoms with Crippen LogP contribution in [0.15, 0.2) is 36.7 Å². The van der Waals surface area contributed by atoms with Gasteiger partial charge in [0, 0.05) is 30.2 Å².